The third kappa shape index (κ3) is 3.90. The Labute approximate surface area is 160 Å². The molecule has 2 saturated heterocycles. The summed E-state index contributed by atoms with van der Waals surface area (Å²) in [7, 11) is 2.11. The monoisotopic (exact) mass is 365 g/mol. The third-order valence-electron chi connectivity index (χ3n) is 5.46. The maximum atomic E-state index is 13.2. The van der Waals surface area contributed by atoms with Gasteiger partial charge in [-0.05, 0) is 37.6 Å². The highest BCUT2D eigenvalue weighted by molar-refractivity contribution is 5.92. The highest BCUT2D eigenvalue weighted by Gasteiger charge is 2.31. The van der Waals surface area contributed by atoms with Crippen molar-refractivity contribution in [3.05, 3.63) is 54.2 Å². The van der Waals surface area contributed by atoms with Gasteiger partial charge in [0, 0.05) is 38.9 Å². The molecule has 0 aliphatic carbocycles. The number of nitrogens with one attached hydrogen (secondary N) is 1. The molecule has 1 N–H and O–H groups in total. The van der Waals surface area contributed by atoms with Gasteiger partial charge in [-0.15, -0.1) is 0 Å². The van der Waals surface area contributed by atoms with Crippen LogP contribution in [0.25, 0.3) is 0 Å². The molecule has 6 heteroatoms. The molecule has 1 aromatic carbocycles. The number of carbonyl (C=O) groups excluding carboxylic acids is 1. The van der Waals surface area contributed by atoms with Crippen LogP contribution in [0.4, 0.5) is 16.3 Å². The Kier molecular flexibility index (Phi) is 5.25. The molecule has 0 unspecified atom stereocenters. The lowest BCUT2D eigenvalue weighted by atomic mass is 10.0. The fourth-order valence-electron chi connectivity index (χ4n) is 3.99. The second-order valence-corrected chi connectivity index (χ2v) is 7.38. The van der Waals surface area contributed by atoms with Crippen LogP contribution in [0.1, 0.15) is 24.4 Å². The van der Waals surface area contributed by atoms with Gasteiger partial charge in [0.2, 0.25) is 0 Å². The second-order valence-electron chi connectivity index (χ2n) is 7.38. The first-order valence-corrected chi connectivity index (χ1v) is 9.73. The molecule has 2 fully saturated rings. The molecule has 2 aliphatic rings. The maximum absolute atomic E-state index is 13.2. The van der Waals surface area contributed by atoms with Gasteiger partial charge in [-0.1, -0.05) is 30.3 Å². The summed E-state index contributed by atoms with van der Waals surface area (Å²) in [5, 5.41) is 3.14. The Morgan fingerprint density at radius 2 is 1.81 bits per heavy atom. The van der Waals surface area contributed by atoms with Crippen LogP contribution in [0.5, 0.6) is 0 Å². The molecule has 0 radical (unpaired) electrons. The van der Waals surface area contributed by atoms with Crippen molar-refractivity contribution in [3.63, 3.8) is 0 Å². The van der Waals surface area contributed by atoms with Crippen LogP contribution in [0.15, 0.2) is 48.7 Å². The number of piperazine rings is 1. The van der Waals surface area contributed by atoms with Crippen molar-refractivity contribution in [2.75, 3.05) is 50.0 Å². The lowest BCUT2D eigenvalue weighted by molar-refractivity contribution is 0.117. The Morgan fingerprint density at radius 3 is 2.59 bits per heavy atom. The topological polar surface area (TPSA) is 51.7 Å². The van der Waals surface area contributed by atoms with Crippen LogP contribution in [0, 0.1) is 0 Å². The summed E-state index contributed by atoms with van der Waals surface area (Å²) in [6.07, 6.45) is 4.16. The van der Waals surface area contributed by atoms with E-state index in [1.165, 1.54) is 18.4 Å². The van der Waals surface area contributed by atoms with Crippen LogP contribution in [-0.2, 0) is 0 Å². The summed E-state index contributed by atoms with van der Waals surface area (Å²) in [4.78, 5) is 24.2. The van der Waals surface area contributed by atoms with E-state index in [2.05, 4.69) is 39.3 Å². The number of pyridine rings is 1. The van der Waals surface area contributed by atoms with Crippen molar-refractivity contribution in [1.82, 2.24) is 14.8 Å². The van der Waals surface area contributed by atoms with E-state index >= 15 is 0 Å². The van der Waals surface area contributed by atoms with E-state index in [4.69, 9.17) is 0 Å². The Morgan fingerprint density at radius 1 is 1.04 bits per heavy atom. The fourth-order valence-corrected chi connectivity index (χ4v) is 3.99. The van der Waals surface area contributed by atoms with Gasteiger partial charge in [-0.2, -0.15) is 0 Å². The quantitative estimate of drug-likeness (QED) is 0.908. The van der Waals surface area contributed by atoms with Gasteiger partial charge >= 0.3 is 6.03 Å². The van der Waals surface area contributed by atoms with Crippen LogP contribution < -0.4 is 10.2 Å². The van der Waals surface area contributed by atoms with Crippen molar-refractivity contribution in [1.29, 1.82) is 0 Å². The molecule has 4 rings (SSSR count). The molecule has 142 valence electrons. The number of urea groups is 1. The van der Waals surface area contributed by atoms with E-state index in [0.717, 1.165) is 37.7 Å². The van der Waals surface area contributed by atoms with Gasteiger partial charge in [0.05, 0.1) is 11.7 Å². The average Bonchev–Trinajstić information content (AvgIpc) is 3.23. The summed E-state index contributed by atoms with van der Waals surface area (Å²) in [5.74, 6) is 0.883. The van der Waals surface area contributed by atoms with Crippen molar-refractivity contribution >= 4 is 17.5 Å². The van der Waals surface area contributed by atoms with Crippen LogP contribution in [0.3, 0.4) is 0 Å². The number of benzene rings is 1. The Balaban J connectivity index is 1.55. The second kappa shape index (κ2) is 7.96. The first-order chi connectivity index (χ1) is 13.2. The van der Waals surface area contributed by atoms with Crippen LogP contribution in [-0.4, -0.2) is 60.6 Å². The lowest BCUT2D eigenvalue weighted by Crippen LogP contribution is -2.50. The Bertz CT molecular complexity index is 775. The molecule has 2 aromatic rings. The molecule has 27 heavy (non-hydrogen) atoms. The summed E-state index contributed by atoms with van der Waals surface area (Å²) < 4.78 is 0. The van der Waals surface area contributed by atoms with E-state index < -0.39 is 0 Å². The highest BCUT2D eigenvalue weighted by atomic mass is 16.2. The van der Waals surface area contributed by atoms with Crippen molar-refractivity contribution in [2.24, 2.45) is 0 Å². The van der Waals surface area contributed by atoms with Gasteiger partial charge in [-0.3, -0.25) is 0 Å². The van der Waals surface area contributed by atoms with Crippen LogP contribution in [0.2, 0.25) is 0 Å². The predicted molar refractivity (Wildman–Crippen MR) is 108 cm³/mol. The summed E-state index contributed by atoms with van der Waals surface area (Å²) in [6, 6.07) is 14.1. The van der Waals surface area contributed by atoms with E-state index in [1.54, 1.807) is 6.20 Å². The molecule has 0 bridgehead atoms. The zero-order valence-electron chi connectivity index (χ0n) is 15.8. The number of aromatic nitrogens is 1. The minimum atomic E-state index is -0.0506. The Hall–Kier alpha value is -2.60. The SMILES string of the molecule is CN1CCN(C(=O)Nc2cccnc2N2CCCC2)[C@@H](c2ccccc2)C1. The van der Waals surface area contributed by atoms with Gasteiger partial charge in [0.1, 0.15) is 0 Å². The van der Waals surface area contributed by atoms with Gasteiger partial charge in [0.15, 0.2) is 5.82 Å². The van der Waals surface area contributed by atoms with Crippen molar-refractivity contribution in [2.45, 2.75) is 18.9 Å². The van der Waals surface area contributed by atoms with E-state index in [1.807, 2.05) is 35.2 Å². The number of nitrogens with zero attached hydrogens (tertiary/aromatic N) is 4. The van der Waals surface area contributed by atoms with Crippen molar-refractivity contribution in [3.8, 4) is 0 Å². The minimum absolute atomic E-state index is 0.0506. The number of anilines is 2. The molecule has 3 heterocycles. The largest absolute Gasteiger partial charge is 0.355 e. The maximum Gasteiger partial charge on any atom is 0.322 e. The van der Waals surface area contributed by atoms with Gasteiger partial charge in [-0.25, -0.2) is 9.78 Å². The van der Waals surface area contributed by atoms with Gasteiger partial charge < -0.3 is 20.0 Å². The molecule has 0 spiro atoms. The smallest absolute Gasteiger partial charge is 0.322 e. The zero-order chi connectivity index (χ0) is 18.6. The number of amides is 2. The summed E-state index contributed by atoms with van der Waals surface area (Å²) in [5.41, 5.74) is 1.97. The first kappa shape index (κ1) is 17.8. The number of rotatable bonds is 3. The fraction of sp³-hybridized carbons (Fsp3) is 0.429. The summed E-state index contributed by atoms with van der Waals surface area (Å²) in [6.45, 7) is 4.43. The number of hydrogen-bond donors (Lipinski definition) is 1. The average molecular weight is 365 g/mol. The van der Waals surface area contributed by atoms with E-state index in [-0.39, 0.29) is 12.1 Å². The first-order valence-electron chi connectivity index (χ1n) is 9.73. The van der Waals surface area contributed by atoms with Crippen LogP contribution >= 0.6 is 0 Å². The molecule has 0 saturated carbocycles. The molecule has 1 atom stereocenters. The van der Waals surface area contributed by atoms with Crippen molar-refractivity contribution < 1.29 is 4.79 Å². The van der Waals surface area contributed by atoms with Gasteiger partial charge in [0.25, 0.3) is 0 Å². The number of carbonyl (C=O) groups is 1. The highest BCUT2D eigenvalue weighted by Crippen LogP contribution is 2.29. The lowest BCUT2D eigenvalue weighted by Gasteiger charge is -2.40. The summed E-state index contributed by atoms with van der Waals surface area (Å²) >= 11 is 0. The zero-order valence-corrected chi connectivity index (χ0v) is 15.8. The number of hydrogen-bond acceptors (Lipinski definition) is 4. The van der Waals surface area contributed by atoms with E-state index in [0.29, 0.717) is 6.54 Å². The predicted octanol–water partition coefficient (Wildman–Crippen LogP) is 3.20. The molecular formula is C21H27N5O. The normalized spacial score (nSPS) is 20.7. The molecular weight excluding hydrogens is 338 g/mol. The molecule has 2 amide bonds. The van der Waals surface area contributed by atoms with E-state index in [9.17, 15) is 4.79 Å². The number of likely N-dealkylation sites (N-methyl/N-ethyl adjacent to an activating group) is 1. The molecule has 6 nitrogen and oxygen atoms in total. The minimum Gasteiger partial charge on any atom is -0.355 e. The standard InChI is InChI=1S/C21H27N5O/c1-24-14-15-26(19(16-24)17-8-3-2-4-9-17)21(27)23-18-10-7-11-22-20(18)25-12-5-6-13-25/h2-4,7-11,19H,5-6,12-16H2,1H3,(H,23,27)/t19-/m1/s1. The third-order valence-corrected chi connectivity index (χ3v) is 5.46. The molecule has 1 aromatic heterocycles. The molecule has 2 aliphatic heterocycles.